The average Bonchev–Trinajstić information content (AvgIpc) is 3.26. The van der Waals surface area contributed by atoms with Gasteiger partial charge in [0.1, 0.15) is 0 Å². The van der Waals surface area contributed by atoms with Gasteiger partial charge in [-0.3, -0.25) is 14.5 Å². The summed E-state index contributed by atoms with van der Waals surface area (Å²) in [5.41, 5.74) is 0.378. The minimum absolute atomic E-state index is 0.0355. The third kappa shape index (κ3) is 3.21. The van der Waals surface area contributed by atoms with E-state index >= 15 is 0 Å². The predicted molar refractivity (Wildman–Crippen MR) is 100 cm³/mol. The summed E-state index contributed by atoms with van der Waals surface area (Å²) in [5, 5.41) is 13.6. The van der Waals surface area contributed by atoms with Gasteiger partial charge in [-0.1, -0.05) is 18.6 Å². The first kappa shape index (κ1) is 17.4. The zero-order chi connectivity index (χ0) is 18.1. The number of aromatic nitrogens is 1. The summed E-state index contributed by atoms with van der Waals surface area (Å²) in [6.07, 6.45) is 3.40. The lowest BCUT2D eigenvalue weighted by Crippen LogP contribution is -2.39. The van der Waals surface area contributed by atoms with E-state index in [1.54, 1.807) is 11.3 Å². The van der Waals surface area contributed by atoms with Crippen molar-refractivity contribution in [3.05, 3.63) is 29.3 Å². The number of carboxylic acids is 1. The fourth-order valence-electron chi connectivity index (χ4n) is 4.46. The van der Waals surface area contributed by atoms with Gasteiger partial charge < -0.3 is 10.4 Å². The lowest BCUT2D eigenvalue weighted by atomic mass is 9.81. The zero-order valence-electron chi connectivity index (χ0n) is 14.6. The van der Waals surface area contributed by atoms with Crippen LogP contribution in [0.15, 0.2) is 24.3 Å². The van der Waals surface area contributed by atoms with Crippen LogP contribution < -0.4 is 5.32 Å². The van der Waals surface area contributed by atoms with E-state index in [1.807, 2.05) is 23.1 Å². The number of carbonyl (C=O) groups is 2. The van der Waals surface area contributed by atoms with Crippen molar-refractivity contribution in [1.82, 2.24) is 15.2 Å². The van der Waals surface area contributed by atoms with Crippen LogP contribution in [0.5, 0.6) is 0 Å². The van der Waals surface area contributed by atoms with Crippen LogP contribution in [-0.2, 0) is 16.0 Å². The molecule has 0 spiro atoms. The molecule has 2 atom stereocenters. The summed E-state index contributed by atoms with van der Waals surface area (Å²) in [6, 6.07) is 8.03. The zero-order valence-corrected chi connectivity index (χ0v) is 15.4. The van der Waals surface area contributed by atoms with E-state index in [0.29, 0.717) is 19.5 Å². The minimum Gasteiger partial charge on any atom is -0.481 e. The van der Waals surface area contributed by atoms with E-state index in [9.17, 15) is 14.7 Å². The van der Waals surface area contributed by atoms with Crippen LogP contribution in [0.4, 0.5) is 0 Å². The molecule has 6 nitrogen and oxygen atoms in total. The number of nitrogens with zero attached hydrogens (tertiary/aromatic N) is 2. The van der Waals surface area contributed by atoms with E-state index in [4.69, 9.17) is 0 Å². The molecule has 1 aliphatic heterocycles. The van der Waals surface area contributed by atoms with Gasteiger partial charge in [0.05, 0.1) is 27.2 Å². The van der Waals surface area contributed by atoms with Crippen LogP contribution in [0.25, 0.3) is 10.2 Å². The van der Waals surface area contributed by atoms with Crippen LogP contribution in [0.1, 0.15) is 24.3 Å². The maximum absolute atomic E-state index is 12.2. The number of amides is 1. The second-order valence-corrected chi connectivity index (χ2v) is 8.51. The number of hydrogen-bond donors (Lipinski definition) is 2. The number of benzene rings is 1. The minimum atomic E-state index is -0.696. The quantitative estimate of drug-likeness (QED) is 0.811. The SMILES string of the molecule is O=C(CN1C[C@@H]2CCC[C@@]2(C(=O)O)C1)NCCc1nc2ccccc2s1. The Kier molecular flexibility index (Phi) is 4.67. The van der Waals surface area contributed by atoms with E-state index < -0.39 is 11.4 Å². The van der Waals surface area contributed by atoms with Crippen LogP contribution in [0.3, 0.4) is 0 Å². The first-order valence-corrected chi connectivity index (χ1v) is 9.95. The molecule has 1 saturated carbocycles. The van der Waals surface area contributed by atoms with Crippen molar-refractivity contribution in [2.45, 2.75) is 25.7 Å². The number of aliphatic carboxylic acids is 1. The molecule has 7 heteroatoms. The topological polar surface area (TPSA) is 82.5 Å². The molecule has 1 aliphatic carbocycles. The Bertz CT molecular complexity index is 803. The van der Waals surface area contributed by atoms with Crippen molar-refractivity contribution in [3.63, 3.8) is 0 Å². The van der Waals surface area contributed by atoms with Gasteiger partial charge >= 0.3 is 5.97 Å². The molecule has 2 aromatic rings. The van der Waals surface area contributed by atoms with E-state index in [1.165, 1.54) is 0 Å². The maximum atomic E-state index is 12.2. The van der Waals surface area contributed by atoms with Crippen LogP contribution >= 0.6 is 11.3 Å². The Labute approximate surface area is 156 Å². The monoisotopic (exact) mass is 373 g/mol. The molecule has 1 aromatic carbocycles. The highest BCUT2D eigenvalue weighted by Gasteiger charge is 2.54. The third-order valence-electron chi connectivity index (χ3n) is 5.73. The van der Waals surface area contributed by atoms with Crippen molar-refractivity contribution in [1.29, 1.82) is 0 Å². The Hall–Kier alpha value is -1.99. The van der Waals surface area contributed by atoms with E-state index in [0.717, 1.165) is 41.0 Å². The van der Waals surface area contributed by atoms with E-state index in [2.05, 4.69) is 16.4 Å². The van der Waals surface area contributed by atoms with Crippen molar-refractivity contribution < 1.29 is 14.7 Å². The molecule has 0 radical (unpaired) electrons. The number of carbonyl (C=O) groups excluding carboxylic acids is 1. The van der Waals surface area contributed by atoms with Crippen molar-refractivity contribution >= 4 is 33.4 Å². The number of hydrogen-bond acceptors (Lipinski definition) is 5. The molecule has 2 fully saturated rings. The first-order valence-electron chi connectivity index (χ1n) is 9.14. The normalized spacial score (nSPS) is 25.5. The van der Waals surface area contributed by atoms with Crippen molar-refractivity contribution in [2.75, 3.05) is 26.2 Å². The smallest absolute Gasteiger partial charge is 0.311 e. The fourth-order valence-corrected chi connectivity index (χ4v) is 5.42. The summed E-state index contributed by atoms with van der Waals surface area (Å²) < 4.78 is 1.16. The Balaban J connectivity index is 1.26. The highest BCUT2D eigenvalue weighted by atomic mass is 32.1. The van der Waals surface area contributed by atoms with E-state index in [-0.39, 0.29) is 18.4 Å². The van der Waals surface area contributed by atoms with Crippen molar-refractivity contribution in [3.8, 4) is 0 Å². The summed E-state index contributed by atoms with van der Waals surface area (Å²) in [6.45, 7) is 2.06. The molecule has 2 heterocycles. The lowest BCUT2D eigenvalue weighted by molar-refractivity contribution is -0.149. The molecular formula is C19H23N3O3S. The number of thiazole rings is 1. The molecule has 0 bridgehead atoms. The molecule has 1 saturated heterocycles. The lowest BCUT2D eigenvalue weighted by Gasteiger charge is -2.23. The first-order chi connectivity index (χ1) is 12.6. The molecule has 2 N–H and O–H groups in total. The van der Waals surface area contributed by atoms with Gasteiger partial charge in [-0.05, 0) is 30.9 Å². The molecule has 138 valence electrons. The Morgan fingerprint density at radius 1 is 1.38 bits per heavy atom. The average molecular weight is 373 g/mol. The molecular weight excluding hydrogens is 350 g/mol. The number of rotatable bonds is 6. The summed E-state index contributed by atoms with van der Waals surface area (Å²) in [7, 11) is 0. The van der Waals surface area contributed by atoms with Crippen LogP contribution in [-0.4, -0.2) is 53.0 Å². The highest BCUT2D eigenvalue weighted by Crippen LogP contribution is 2.48. The fraction of sp³-hybridized carbons (Fsp3) is 0.526. The number of likely N-dealkylation sites (tertiary alicyclic amines) is 1. The number of fused-ring (bicyclic) bond motifs is 2. The van der Waals surface area contributed by atoms with Gasteiger partial charge in [0.15, 0.2) is 0 Å². The second-order valence-electron chi connectivity index (χ2n) is 7.40. The third-order valence-corrected chi connectivity index (χ3v) is 6.83. The summed E-state index contributed by atoms with van der Waals surface area (Å²) >= 11 is 1.66. The summed E-state index contributed by atoms with van der Waals surface area (Å²) in [5.74, 6) is -0.541. The van der Waals surface area contributed by atoms with Crippen molar-refractivity contribution in [2.24, 2.45) is 11.3 Å². The molecule has 26 heavy (non-hydrogen) atoms. The molecule has 0 unspecified atom stereocenters. The van der Waals surface area contributed by atoms with Gasteiger partial charge in [-0.2, -0.15) is 0 Å². The maximum Gasteiger partial charge on any atom is 0.311 e. The molecule has 4 rings (SSSR count). The summed E-state index contributed by atoms with van der Waals surface area (Å²) in [4.78, 5) is 30.5. The molecule has 1 amide bonds. The Morgan fingerprint density at radius 2 is 2.23 bits per heavy atom. The number of para-hydroxylation sites is 1. The van der Waals surface area contributed by atoms with Gasteiger partial charge in [0.25, 0.3) is 0 Å². The molecule has 1 aromatic heterocycles. The van der Waals surface area contributed by atoms with Crippen LogP contribution in [0.2, 0.25) is 0 Å². The number of carboxylic acid groups (broad SMARTS) is 1. The predicted octanol–water partition coefficient (Wildman–Crippen LogP) is 2.14. The Morgan fingerprint density at radius 3 is 3.00 bits per heavy atom. The van der Waals surface area contributed by atoms with Crippen LogP contribution in [0, 0.1) is 11.3 Å². The molecule has 2 aliphatic rings. The van der Waals surface area contributed by atoms with Gasteiger partial charge in [0.2, 0.25) is 5.91 Å². The van der Waals surface area contributed by atoms with Gasteiger partial charge in [-0.15, -0.1) is 11.3 Å². The van der Waals surface area contributed by atoms with Gasteiger partial charge in [0, 0.05) is 26.1 Å². The van der Waals surface area contributed by atoms with Gasteiger partial charge in [-0.25, -0.2) is 4.98 Å². The largest absolute Gasteiger partial charge is 0.481 e. The highest BCUT2D eigenvalue weighted by molar-refractivity contribution is 7.18. The second kappa shape index (κ2) is 6.96. The standard InChI is InChI=1S/C19H23N3O3S/c23-16(11-22-10-13-4-3-8-19(13,12-22)18(24)25)20-9-7-17-21-14-5-1-2-6-15(14)26-17/h1-2,5-6,13H,3-4,7-12H2,(H,20,23)(H,24,25)/t13-,19+/m0/s1. The number of nitrogens with one attached hydrogen (secondary N) is 1.